The molecule has 2 amide bonds. The van der Waals surface area contributed by atoms with Crippen LogP contribution in [0.25, 0.3) is 0 Å². The Labute approximate surface area is 181 Å². The number of halogens is 2. The van der Waals surface area contributed by atoms with E-state index in [1.165, 1.54) is 6.07 Å². The van der Waals surface area contributed by atoms with Crippen molar-refractivity contribution in [2.24, 2.45) is 11.8 Å². The van der Waals surface area contributed by atoms with Crippen molar-refractivity contribution < 1.29 is 28.4 Å². The predicted octanol–water partition coefficient (Wildman–Crippen LogP) is 1.37. The number of anilines is 1. The third kappa shape index (κ3) is 6.16. The first-order chi connectivity index (χ1) is 14.7. The van der Waals surface area contributed by atoms with E-state index in [2.05, 4.69) is 10.6 Å². The molecule has 2 aliphatic rings. The second-order valence-electron chi connectivity index (χ2n) is 8.99. The van der Waals surface area contributed by atoms with Crippen molar-refractivity contribution in [2.45, 2.75) is 64.0 Å². The molecular formula is C21H30BF2N3O4. The second kappa shape index (κ2) is 9.95. The summed E-state index contributed by atoms with van der Waals surface area (Å²) in [6.07, 6.45) is 3.38. The number of hydrogen-bond acceptors (Lipinski definition) is 5. The lowest BCUT2D eigenvalue weighted by Gasteiger charge is -2.42. The van der Waals surface area contributed by atoms with Crippen molar-refractivity contribution in [1.82, 2.24) is 10.6 Å². The van der Waals surface area contributed by atoms with Crippen molar-refractivity contribution in [1.29, 1.82) is 0 Å². The van der Waals surface area contributed by atoms with Crippen LogP contribution in [0.3, 0.4) is 0 Å². The molecular weight excluding hydrogens is 407 g/mol. The van der Waals surface area contributed by atoms with Gasteiger partial charge >= 0.3 is 7.12 Å². The lowest BCUT2D eigenvalue weighted by Crippen LogP contribution is -2.61. The Balaban J connectivity index is 1.65. The maximum absolute atomic E-state index is 13.6. The van der Waals surface area contributed by atoms with Crippen LogP contribution in [0.2, 0.25) is 0 Å². The average Bonchev–Trinajstić information content (AvgIpc) is 3.46. The van der Waals surface area contributed by atoms with Gasteiger partial charge in [-0.3, -0.25) is 9.59 Å². The highest BCUT2D eigenvalue weighted by Gasteiger charge is 2.39. The number of carbonyl (C=O) groups is 2. The van der Waals surface area contributed by atoms with Gasteiger partial charge in [-0.2, -0.15) is 0 Å². The average molecular weight is 437 g/mol. The Morgan fingerprint density at radius 2 is 1.87 bits per heavy atom. The highest BCUT2D eigenvalue weighted by atomic mass is 19.2. The number of nitrogens with one attached hydrogen (secondary N) is 2. The molecule has 1 aliphatic carbocycles. The van der Waals surface area contributed by atoms with Crippen LogP contribution in [-0.2, 0) is 9.59 Å². The molecule has 3 rings (SSSR count). The van der Waals surface area contributed by atoms with Gasteiger partial charge in [-0.1, -0.05) is 26.7 Å². The van der Waals surface area contributed by atoms with Gasteiger partial charge in [0.1, 0.15) is 12.1 Å². The fourth-order valence-electron chi connectivity index (χ4n) is 3.87. The third-order valence-electron chi connectivity index (χ3n) is 5.87. The normalized spacial score (nSPS) is 20.1. The van der Waals surface area contributed by atoms with Crippen molar-refractivity contribution in [2.75, 3.05) is 11.4 Å². The van der Waals surface area contributed by atoms with Crippen molar-refractivity contribution >= 4 is 24.6 Å². The van der Waals surface area contributed by atoms with E-state index >= 15 is 0 Å². The Kier molecular flexibility index (Phi) is 7.53. The van der Waals surface area contributed by atoms with E-state index < -0.39 is 42.7 Å². The smallest absolute Gasteiger partial charge is 0.426 e. The van der Waals surface area contributed by atoms with Gasteiger partial charge in [0.2, 0.25) is 11.8 Å². The highest BCUT2D eigenvalue weighted by molar-refractivity contribution is 6.43. The fraction of sp³-hybridized carbons (Fsp3) is 0.619. The lowest BCUT2D eigenvalue weighted by atomic mass is 9.75. The van der Waals surface area contributed by atoms with Crippen LogP contribution in [0, 0.1) is 23.5 Å². The van der Waals surface area contributed by atoms with E-state index in [9.17, 15) is 28.4 Å². The van der Waals surface area contributed by atoms with Crippen LogP contribution in [0.1, 0.15) is 46.0 Å². The molecule has 1 saturated carbocycles. The number of nitrogens with zero attached hydrogens (tertiary/aromatic N) is 1. The molecule has 1 aliphatic heterocycles. The van der Waals surface area contributed by atoms with E-state index in [1.807, 2.05) is 13.8 Å². The maximum Gasteiger partial charge on any atom is 0.475 e. The molecule has 1 saturated heterocycles. The summed E-state index contributed by atoms with van der Waals surface area (Å²) in [5, 5.41) is 24.6. The number of carbonyl (C=O) groups excluding carboxylic acids is 2. The number of hydrogen-bond donors (Lipinski definition) is 4. The molecule has 2 fully saturated rings. The molecule has 0 bridgehead atoms. The summed E-state index contributed by atoms with van der Waals surface area (Å²) < 4.78 is 26.8. The van der Waals surface area contributed by atoms with Gasteiger partial charge in [-0.15, -0.1) is 0 Å². The summed E-state index contributed by atoms with van der Waals surface area (Å²) in [4.78, 5) is 27.4. The molecule has 1 heterocycles. The quantitative estimate of drug-likeness (QED) is 0.415. The molecule has 3 atom stereocenters. The Hall–Kier alpha value is -2.20. The zero-order valence-corrected chi connectivity index (χ0v) is 17.9. The molecule has 1 aromatic carbocycles. The minimum atomic E-state index is -1.70. The first kappa shape index (κ1) is 23.5. The number of amides is 2. The maximum atomic E-state index is 13.6. The topological polar surface area (TPSA) is 102 Å². The molecule has 4 N–H and O–H groups in total. The summed E-state index contributed by atoms with van der Waals surface area (Å²) in [6, 6.07) is 2.14. The number of rotatable bonds is 10. The van der Waals surface area contributed by atoms with E-state index in [4.69, 9.17) is 0 Å². The van der Waals surface area contributed by atoms with Gasteiger partial charge in [0, 0.05) is 18.3 Å². The molecule has 170 valence electrons. The molecule has 1 aromatic rings. The van der Waals surface area contributed by atoms with Gasteiger partial charge in [-0.05, 0) is 43.2 Å². The van der Waals surface area contributed by atoms with Crippen LogP contribution < -0.4 is 15.5 Å². The largest absolute Gasteiger partial charge is 0.475 e. The van der Waals surface area contributed by atoms with E-state index in [1.54, 1.807) is 4.90 Å². The monoisotopic (exact) mass is 437 g/mol. The van der Waals surface area contributed by atoms with E-state index in [0.717, 1.165) is 25.0 Å². The summed E-state index contributed by atoms with van der Waals surface area (Å²) in [5.74, 6) is -3.07. The SMILES string of the molecule is CC(C)C[C@@H](NC(=O)[C@H](CC1CC1)NC(=O)[C@@H]1CCN1c1ccc(F)c(F)c1)B(O)O. The second-order valence-corrected chi connectivity index (χ2v) is 8.99. The Morgan fingerprint density at radius 3 is 2.39 bits per heavy atom. The van der Waals surface area contributed by atoms with Gasteiger partial charge in [0.25, 0.3) is 0 Å². The molecule has 7 nitrogen and oxygen atoms in total. The predicted molar refractivity (Wildman–Crippen MR) is 113 cm³/mol. The third-order valence-corrected chi connectivity index (χ3v) is 5.87. The summed E-state index contributed by atoms with van der Waals surface area (Å²) in [6.45, 7) is 4.35. The van der Waals surface area contributed by atoms with Crippen LogP contribution >= 0.6 is 0 Å². The van der Waals surface area contributed by atoms with Crippen LogP contribution in [0.5, 0.6) is 0 Å². The van der Waals surface area contributed by atoms with Gasteiger partial charge in [-0.25, -0.2) is 8.78 Å². The number of benzene rings is 1. The first-order valence-corrected chi connectivity index (χ1v) is 10.8. The minimum Gasteiger partial charge on any atom is -0.426 e. The first-order valence-electron chi connectivity index (χ1n) is 10.8. The molecule has 0 spiro atoms. The van der Waals surface area contributed by atoms with Crippen LogP contribution in [0.4, 0.5) is 14.5 Å². The molecule has 0 aromatic heterocycles. The highest BCUT2D eigenvalue weighted by Crippen LogP contribution is 2.34. The van der Waals surface area contributed by atoms with Crippen molar-refractivity contribution in [3.05, 3.63) is 29.8 Å². The minimum absolute atomic E-state index is 0.142. The molecule has 31 heavy (non-hydrogen) atoms. The van der Waals surface area contributed by atoms with Crippen molar-refractivity contribution in [3.63, 3.8) is 0 Å². The van der Waals surface area contributed by atoms with Gasteiger partial charge < -0.3 is 25.6 Å². The van der Waals surface area contributed by atoms with Crippen LogP contribution in [-0.4, -0.2) is 53.6 Å². The molecule has 10 heteroatoms. The van der Waals surface area contributed by atoms with E-state index in [-0.39, 0.29) is 11.8 Å². The van der Waals surface area contributed by atoms with Gasteiger partial charge in [0.15, 0.2) is 11.6 Å². The molecule has 0 unspecified atom stereocenters. The standard InChI is InChI=1S/C21H30BF2N3O4/c1-12(2)9-19(22(30)31)26-20(28)17(10-13-3-4-13)25-21(29)18-7-8-27(18)14-5-6-15(23)16(24)11-14/h5-6,11-13,17-19,30-31H,3-4,7-10H2,1-2H3,(H,25,29)(H,26,28)/t17-,18-,19+/m0/s1. The van der Waals surface area contributed by atoms with Crippen molar-refractivity contribution in [3.8, 4) is 0 Å². The summed E-state index contributed by atoms with van der Waals surface area (Å²) in [5.41, 5.74) is 0.411. The van der Waals surface area contributed by atoms with Crippen LogP contribution in [0.15, 0.2) is 18.2 Å². The molecule has 0 radical (unpaired) electrons. The zero-order valence-electron chi connectivity index (χ0n) is 17.9. The lowest BCUT2D eigenvalue weighted by molar-refractivity contribution is -0.130. The Morgan fingerprint density at radius 1 is 1.16 bits per heavy atom. The van der Waals surface area contributed by atoms with Gasteiger partial charge in [0.05, 0.1) is 5.94 Å². The zero-order chi connectivity index (χ0) is 22.7. The fourth-order valence-corrected chi connectivity index (χ4v) is 3.87. The summed E-state index contributed by atoms with van der Waals surface area (Å²) >= 11 is 0. The Bertz CT molecular complexity index is 807. The summed E-state index contributed by atoms with van der Waals surface area (Å²) in [7, 11) is -1.70. The van der Waals surface area contributed by atoms with E-state index in [0.29, 0.717) is 37.4 Å².